The quantitative estimate of drug-likeness (QED) is 0.836. The van der Waals surface area contributed by atoms with E-state index in [0.29, 0.717) is 28.7 Å². The molecule has 1 N–H and O–H groups in total. The lowest BCUT2D eigenvalue weighted by Crippen LogP contribution is -2.50. The van der Waals surface area contributed by atoms with Crippen LogP contribution in [0.5, 0.6) is 0 Å². The van der Waals surface area contributed by atoms with E-state index in [9.17, 15) is 18.3 Å². The SMILES string of the molecule is CS(=O)(=O)c1cccc(C(=O)c2cnc(N3CC(O)C3)s2)c1. The number of carbonyl (C=O) groups excluding carboxylic acids is 1. The molecule has 0 spiro atoms. The van der Waals surface area contributed by atoms with Crippen molar-refractivity contribution in [1.29, 1.82) is 0 Å². The smallest absolute Gasteiger partial charge is 0.204 e. The van der Waals surface area contributed by atoms with Crippen molar-refractivity contribution in [3.05, 3.63) is 40.9 Å². The second kappa shape index (κ2) is 5.45. The van der Waals surface area contributed by atoms with Crippen LogP contribution in [0.2, 0.25) is 0 Å². The minimum absolute atomic E-state index is 0.119. The van der Waals surface area contributed by atoms with Gasteiger partial charge in [0.2, 0.25) is 5.78 Å². The molecule has 0 amide bonds. The molecule has 1 aliphatic rings. The Labute approximate surface area is 132 Å². The third-order valence-electron chi connectivity index (χ3n) is 3.37. The number of carbonyl (C=O) groups is 1. The Bertz CT molecular complexity index is 823. The maximum Gasteiger partial charge on any atom is 0.204 e. The first kappa shape index (κ1) is 15.1. The van der Waals surface area contributed by atoms with Gasteiger partial charge < -0.3 is 10.0 Å². The number of benzene rings is 1. The fourth-order valence-corrected chi connectivity index (χ4v) is 3.70. The summed E-state index contributed by atoms with van der Waals surface area (Å²) in [4.78, 5) is 19.1. The van der Waals surface area contributed by atoms with Crippen LogP contribution in [0.15, 0.2) is 35.4 Å². The molecule has 0 atom stereocenters. The number of ketones is 1. The van der Waals surface area contributed by atoms with Crippen molar-refractivity contribution in [3.8, 4) is 0 Å². The number of hydrogen-bond acceptors (Lipinski definition) is 7. The lowest BCUT2D eigenvalue weighted by Gasteiger charge is -2.35. The number of rotatable bonds is 4. The molecule has 1 aromatic heterocycles. The van der Waals surface area contributed by atoms with Crippen LogP contribution in [0.3, 0.4) is 0 Å². The first-order valence-corrected chi connectivity index (χ1v) is 9.29. The third kappa shape index (κ3) is 2.90. The van der Waals surface area contributed by atoms with Crippen molar-refractivity contribution < 1.29 is 18.3 Å². The number of anilines is 1. The van der Waals surface area contributed by atoms with Crippen molar-refractivity contribution >= 4 is 32.1 Å². The molecule has 1 saturated heterocycles. The largest absolute Gasteiger partial charge is 0.389 e. The van der Waals surface area contributed by atoms with Gasteiger partial charge in [0.05, 0.1) is 22.1 Å². The minimum atomic E-state index is -3.35. The van der Waals surface area contributed by atoms with E-state index in [1.807, 2.05) is 4.90 Å². The van der Waals surface area contributed by atoms with Crippen molar-refractivity contribution in [2.24, 2.45) is 0 Å². The van der Waals surface area contributed by atoms with Gasteiger partial charge in [-0.1, -0.05) is 23.5 Å². The fourth-order valence-electron chi connectivity index (χ4n) is 2.14. The zero-order valence-corrected chi connectivity index (χ0v) is 13.4. The van der Waals surface area contributed by atoms with Gasteiger partial charge in [0, 0.05) is 24.9 Å². The highest BCUT2D eigenvalue weighted by molar-refractivity contribution is 7.90. The van der Waals surface area contributed by atoms with Gasteiger partial charge in [0.25, 0.3) is 0 Å². The Morgan fingerprint density at radius 3 is 2.77 bits per heavy atom. The number of hydrogen-bond donors (Lipinski definition) is 1. The van der Waals surface area contributed by atoms with Gasteiger partial charge in [-0.2, -0.15) is 0 Å². The molecule has 2 aromatic rings. The summed E-state index contributed by atoms with van der Waals surface area (Å²) >= 11 is 1.24. The van der Waals surface area contributed by atoms with E-state index in [1.54, 1.807) is 12.1 Å². The molecule has 22 heavy (non-hydrogen) atoms. The molecule has 0 aliphatic carbocycles. The summed E-state index contributed by atoms with van der Waals surface area (Å²) in [5, 5.41) is 9.98. The van der Waals surface area contributed by atoms with E-state index in [2.05, 4.69) is 4.98 Å². The Kier molecular flexibility index (Phi) is 3.75. The van der Waals surface area contributed by atoms with Crippen molar-refractivity contribution in [2.45, 2.75) is 11.0 Å². The van der Waals surface area contributed by atoms with E-state index in [0.717, 1.165) is 6.26 Å². The molecule has 1 aromatic carbocycles. The zero-order valence-electron chi connectivity index (χ0n) is 11.8. The second-order valence-corrected chi connectivity index (χ2v) is 8.22. The number of sulfone groups is 1. The molecule has 2 heterocycles. The number of aromatic nitrogens is 1. The first-order valence-electron chi connectivity index (χ1n) is 6.58. The van der Waals surface area contributed by atoms with E-state index >= 15 is 0 Å². The number of β-amino-alcohol motifs (C(OH)–C–C–N with tert-alkyl or cyclic N) is 1. The van der Waals surface area contributed by atoms with Crippen LogP contribution in [-0.4, -0.2) is 49.7 Å². The highest BCUT2D eigenvalue weighted by Crippen LogP contribution is 2.28. The first-order chi connectivity index (χ1) is 10.3. The maximum atomic E-state index is 12.4. The Hall–Kier alpha value is -1.77. The molecule has 0 bridgehead atoms. The summed E-state index contributed by atoms with van der Waals surface area (Å²) in [6.45, 7) is 1.04. The van der Waals surface area contributed by atoms with Crippen LogP contribution in [0.4, 0.5) is 5.13 Å². The van der Waals surface area contributed by atoms with Gasteiger partial charge in [0.1, 0.15) is 0 Å². The lowest BCUT2D eigenvalue weighted by atomic mass is 10.1. The second-order valence-electron chi connectivity index (χ2n) is 5.20. The monoisotopic (exact) mass is 338 g/mol. The molecule has 0 unspecified atom stereocenters. The standard InChI is InChI=1S/C14H14N2O4S2/c1-22(19,20)11-4-2-3-9(5-11)13(18)12-6-15-14(21-12)16-7-10(17)8-16/h2-6,10,17H,7-8H2,1H3. The van der Waals surface area contributed by atoms with Crippen molar-refractivity contribution in [3.63, 3.8) is 0 Å². The highest BCUT2D eigenvalue weighted by atomic mass is 32.2. The van der Waals surface area contributed by atoms with Crippen molar-refractivity contribution in [2.75, 3.05) is 24.2 Å². The van der Waals surface area contributed by atoms with Gasteiger partial charge in [-0.25, -0.2) is 13.4 Å². The predicted molar refractivity (Wildman–Crippen MR) is 83.3 cm³/mol. The molecule has 1 aliphatic heterocycles. The van der Waals surface area contributed by atoms with Crippen LogP contribution < -0.4 is 4.90 Å². The molecule has 3 rings (SSSR count). The summed E-state index contributed by atoms with van der Waals surface area (Å²) in [5.41, 5.74) is 0.321. The number of nitrogens with zero attached hydrogens (tertiary/aromatic N) is 2. The van der Waals surface area contributed by atoms with Crippen LogP contribution in [0, 0.1) is 0 Å². The molecule has 8 heteroatoms. The van der Waals surface area contributed by atoms with Crippen LogP contribution in [0.25, 0.3) is 0 Å². The number of aliphatic hydroxyl groups is 1. The molecule has 1 fully saturated rings. The van der Waals surface area contributed by atoms with Gasteiger partial charge in [0.15, 0.2) is 15.0 Å². The Morgan fingerprint density at radius 2 is 2.14 bits per heavy atom. The summed E-state index contributed by atoms with van der Waals surface area (Å²) < 4.78 is 23.1. The Balaban J connectivity index is 1.85. The lowest BCUT2D eigenvalue weighted by molar-refractivity contribution is 0.104. The molecule has 0 radical (unpaired) electrons. The van der Waals surface area contributed by atoms with E-state index in [1.165, 1.54) is 29.7 Å². The minimum Gasteiger partial charge on any atom is -0.389 e. The summed E-state index contributed by atoms with van der Waals surface area (Å²) in [6, 6.07) is 5.98. The van der Waals surface area contributed by atoms with E-state index in [4.69, 9.17) is 0 Å². The van der Waals surface area contributed by atoms with E-state index < -0.39 is 9.84 Å². The van der Waals surface area contributed by atoms with Gasteiger partial charge in [-0.3, -0.25) is 4.79 Å². The fraction of sp³-hybridized carbons (Fsp3) is 0.286. The molecular formula is C14H14N2O4S2. The van der Waals surface area contributed by atoms with Crippen LogP contribution in [0.1, 0.15) is 15.2 Å². The van der Waals surface area contributed by atoms with Crippen LogP contribution >= 0.6 is 11.3 Å². The number of aliphatic hydroxyl groups excluding tert-OH is 1. The molecular weight excluding hydrogens is 324 g/mol. The summed E-state index contributed by atoms with van der Waals surface area (Å²) in [6.07, 6.45) is 2.26. The third-order valence-corrected chi connectivity index (χ3v) is 5.54. The maximum absolute atomic E-state index is 12.4. The summed E-state index contributed by atoms with van der Waals surface area (Å²) in [5.74, 6) is -0.254. The average Bonchev–Trinajstić information content (AvgIpc) is 2.91. The highest BCUT2D eigenvalue weighted by Gasteiger charge is 2.27. The van der Waals surface area contributed by atoms with Crippen LogP contribution in [-0.2, 0) is 9.84 Å². The zero-order chi connectivity index (χ0) is 15.9. The molecule has 6 nitrogen and oxygen atoms in total. The van der Waals surface area contributed by atoms with Gasteiger partial charge >= 0.3 is 0 Å². The van der Waals surface area contributed by atoms with E-state index in [-0.39, 0.29) is 16.8 Å². The normalized spacial score (nSPS) is 15.6. The molecule has 0 saturated carbocycles. The predicted octanol–water partition coefficient (Wildman–Crippen LogP) is 0.959. The molecule has 116 valence electrons. The summed E-state index contributed by atoms with van der Waals surface area (Å²) in [7, 11) is -3.35. The topological polar surface area (TPSA) is 87.6 Å². The van der Waals surface area contributed by atoms with Crippen molar-refractivity contribution in [1.82, 2.24) is 4.98 Å². The van der Waals surface area contributed by atoms with Gasteiger partial charge in [-0.15, -0.1) is 0 Å². The Morgan fingerprint density at radius 1 is 1.41 bits per heavy atom. The van der Waals surface area contributed by atoms with Gasteiger partial charge in [-0.05, 0) is 12.1 Å². The number of thiazole rings is 1. The average molecular weight is 338 g/mol.